The Labute approximate surface area is 115 Å². The van der Waals surface area contributed by atoms with E-state index in [1.165, 1.54) is 0 Å². The Kier molecular flexibility index (Phi) is 5.01. The molecular formula is C13H22N2O3S. The third kappa shape index (κ3) is 4.33. The highest BCUT2D eigenvalue weighted by Gasteiger charge is 2.24. The van der Waals surface area contributed by atoms with E-state index in [0.717, 1.165) is 31.4 Å². The van der Waals surface area contributed by atoms with Gasteiger partial charge in [-0.15, -0.1) is 0 Å². The lowest BCUT2D eigenvalue weighted by Crippen LogP contribution is -2.45. The fourth-order valence-corrected chi connectivity index (χ4v) is 3.86. The first-order valence-electron chi connectivity index (χ1n) is 6.88. The van der Waals surface area contributed by atoms with Gasteiger partial charge in [-0.3, -0.25) is 0 Å². The average molecular weight is 286 g/mol. The molecule has 0 aromatic carbocycles. The summed E-state index contributed by atoms with van der Waals surface area (Å²) in [5.74, 6) is 0.797. The number of hydrogen-bond acceptors (Lipinski definition) is 3. The summed E-state index contributed by atoms with van der Waals surface area (Å²) in [7, 11) is -3.37. The molecule has 1 fully saturated rings. The summed E-state index contributed by atoms with van der Waals surface area (Å²) in [5.41, 5.74) is 0. The summed E-state index contributed by atoms with van der Waals surface area (Å²) < 4.78 is 34.1. The maximum Gasteiger partial charge on any atom is 0.279 e. The van der Waals surface area contributed by atoms with E-state index in [9.17, 15) is 8.42 Å². The molecule has 19 heavy (non-hydrogen) atoms. The molecule has 1 aromatic rings. The Morgan fingerprint density at radius 3 is 2.58 bits per heavy atom. The molecule has 0 radical (unpaired) electrons. The Morgan fingerprint density at radius 2 is 2.00 bits per heavy atom. The van der Waals surface area contributed by atoms with Crippen LogP contribution in [0.2, 0.25) is 0 Å². The molecule has 5 nitrogen and oxygen atoms in total. The van der Waals surface area contributed by atoms with Gasteiger partial charge in [0.1, 0.15) is 5.76 Å². The van der Waals surface area contributed by atoms with Crippen LogP contribution >= 0.6 is 0 Å². The standard InChI is InChI=1S/C13H22N2O3S/c1-12(11-13-7-6-10-18-13)14-19(16,17)15-8-4-2-3-5-9-15/h6-7,10,12,14H,2-5,8-9,11H2,1H3/t12-/m1/s1. The SMILES string of the molecule is C[C@H](Cc1ccco1)NS(=O)(=O)N1CCCCCC1. The van der Waals surface area contributed by atoms with Gasteiger partial charge >= 0.3 is 0 Å². The van der Waals surface area contributed by atoms with Crippen LogP contribution in [0.3, 0.4) is 0 Å². The van der Waals surface area contributed by atoms with E-state index in [4.69, 9.17) is 4.42 Å². The molecule has 0 spiro atoms. The molecule has 1 aromatic heterocycles. The smallest absolute Gasteiger partial charge is 0.279 e. The van der Waals surface area contributed by atoms with E-state index >= 15 is 0 Å². The van der Waals surface area contributed by atoms with E-state index in [0.29, 0.717) is 19.5 Å². The van der Waals surface area contributed by atoms with Gasteiger partial charge in [-0.2, -0.15) is 17.4 Å². The first-order valence-corrected chi connectivity index (χ1v) is 8.32. The van der Waals surface area contributed by atoms with Crippen LogP contribution in [0.4, 0.5) is 0 Å². The number of hydrogen-bond donors (Lipinski definition) is 1. The van der Waals surface area contributed by atoms with Gasteiger partial charge in [-0.1, -0.05) is 12.8 Å². The molecule has 0 aliphatic carbocycles. The minimum absolute atomic E-state index is 0.167. The van der Waals surface area contributed by atoms with Gasteiger partial charge in [0, 0.05) is 25.6 Å². The van der Waals surface area contributed by atoms with Gasteiger partial charge in [0.2, 0.25) is 0 Å². The zero-order chi connectivity index (χ0) is 13.7. The van der Waals surface area contributed by atoms with Crippen LogP contribution in [-0.2, 0) is 16.6 Å². The van der Waals surface area contributed by atoms with Crippen LogP contribution < -0.4 is 4.72 Å². The number of nitrogens with zero attached hydrogens (tertiary/aromatic N) is 1. The molecular weight excluding hydrogens is 264 g/mol. The highest BCUT2D eigenvalue weighted by atomic mass is 32.2. The van der Waals surface area contributed by atoms with E-state index in [1.807, 2.05) is 19.1 Å². The van der Waals surface area contributed by atoms with E-state index in [2.05, 4.69) is 4.72 Å². The topological polar surface area (TPSA) is 62.6 Å². The van der Waals surface area contributed by atoms with E-state index in [-0.39, 0.29) is 6.04 Å². The number of furan rings is 1. The predicted molar refractivity (Wildman–Crippen MR) is 74.0 cm³/mol. The van der Waals surface area contributed by atoms with Crippen LogP contribution in [-0.4, -0.2) is 31.9 Å². The lowest BCUT2D eigenvalue weighted by atomic mass is 10.2. The second-order valence-corrected chi connectivity index (χ2v) is 6.82. The van der Waals surface area contributed by atoms with Gasteiger partial charge in [0.15, 0.2) is 0 Å². The molecule has 1 N–H and O–H groups in total. The first-order chi connectivity index (χ1) is 9.08. The van der Waals surface area contributed by atoms with Crippen molar-refractivity contribution in [3.8, 4) is 0 Å². The largest absolute Gasteiger partial charge is 0.469 e. The van der Waals surface area contributed by atoms with Crippen LogP contribution in [0.25, 0.3) is 0 Å². The van der Waals surface area contributed by atoms with Crippen LogP contribution in [0.1, 0.15) is 38.4 Å². The van der Waals surface area contributed by atoms with Crippen LogP contribution in [0, 0.1) is 0 Å². The van der Waals surface area contributed by atoms with Crippen molar-refractivity contribution >= 4 is 10.2 Å². The molecule has 0 amide bonds. The Morgan fingerprint density at radius 1 is 1.32 bits per heavy atom. The molecule has 0 bridgehead atoms. The summed E-state index contributed by atoms with van der Waals surface area (Å²) in [6.45, 7) is 3.11. The lowest BCUT2D eigenvalue weighted by Gasteiger charge is -2.22. The number of nitrogens with one attached hydrogen (secondary N) is 1. The van der Waals surface area contributed by atoms with Crippen molar-refractivity contribution in [1.29, 1.82) is 0 Å². The molecule has 2 rings (SSSR count). The molecule has 108 valence electrons. The highest BCUT2D eigenvalue weighted by Crippen LogP contribution is 2.13. The summed E-state index contributed by atoms with van der Waals surface area (Å²) in [6.07, 6.45) is 6.31. The summed E-state index contributed by atoms with van der Waals surface area (Å²) in [6, 6.07) is 3.50. The second-order valence-electron chi connectivity index (χ2n) is 5.12. The zero-order valence-corrected chi connectivity index (χ0v) is 12.2. The maximum atomic E-state index is 12.3. The van der Waals surface area contributed by atoms with E-state index < -0.39 is 10.2 Å². The minimum atomic E-state index is -3.37. The van der Waals surface area contributed by atoms with Crippen LogP contribution in [0.5, 0.6) is 0 Å². The summed E-state index contributed by atoms with van der Waals surface area (Å²) in [5, 5.41) is 0. The first kappa shape index (κ1) is 14.6. The van der Waals surface area contributed by atoms with E-state index in [1.54, 1.807) is 10.6 Å². The van der Waals surface area contributed by atoms with Gasteiger partial charge < -0.3 is 4.42 Å². The third-order valence-corrected chi connectivity index (χ3v) is 5.09. The third-order valence-electron chi connectivity index (χ3n) is 3.34. The maximum absolute atomic E-state index is 12.3. The van der Waals surface area contributed by atoms with Gasteiger partial charge in [-0.05, 0) is 31.9 Å². The molecule has 0 unspecified atom stereocenters. The quantitative estimate of drug-likeness (QED) is 0.899. The monoisotopic (exact) mass is 286 g/mol. The van der Waals surface area contributed by atoms with Crippen LogP contribution in [0.15, 0.2) is 22.8 Å². The van der Waals surface area contributed by atoms with Crippen molar-refractivity contribution in [1.82, 2.24) is 9.03 Å². The lowest BCUT2D eigenvalue weighted by molar-refractivity contribution is 0.405. The summed E-state index contributed by atoms with van der Waals surface area (Å²) in [4.78, 5) is 0. The molecule has 6 heteroatoms. The normalized spacial score (nSPS) is 20.1. The van der Waals surface area contributed by atoms with Crippen molar-refractivity contribution in [2.75, 3.05) is 13.1 Å². The molecule has 1 atom stereocenters. The Balaban J connectivity index is 1.92. The second kappa shape index (κ2) is 6.54. The van der Waals surface area contributed by atoms with Gasteiger partial charge in [0.05, 0.1) is 6.26 Å². The molecule has 0 saturated carbocycles. The number of rotatable bonds is 5. The van der Waals surface area contributed by atoms with Crippen molar-refractivity contribution in [2.45, 2.75) is 45.1 Å². The van der Waals surface area contributed by atoms with Crippen molar-refractivity contribution < 1.29 is 12.8 Å². The summed E-state index contributed by atoms with van der Waals surface area (Å²) >= 11 is 0. The molecule has 1 saturated heterocycles. The predicted octanol–water partition coefficient (Wildman–Crippen LogP) is 1.92. The molecule has 1 aliphatic heterocycles. The fraction of sp³-hybridized carbons (Fsp3) is 0.692. The molecule has 1 aliphatic rings. The highest BCUT2D eigenvalue weighted by molar-refractivity contribution is 7.87. The Bertz CT molecular complexity index is 462. The Hall–Kier alpha value is -0.850. The fourth-order valence-electron chi connectivity index (χ4n) is 2.38. The van der Waals surface area contributed by atoms with Gasteiger partial charge in [0.25, 0.3) is 10.2 Å². The van der Waals surface area contributed by atoms with Crippen molar-refractivity contribution in [2.24, 2.45) is 0 Å². The van der Waals surface area contributed by atoms with Crippen molar-refractivity contribution in [3.05, 3.63) is 24.2 Å². The average Bonchev–Trinajstić information content (AvgIpc) is 2.67. The van der Waals surface area contributed by atoms with Gasteiger partial charge in [-0.25, -0.2) is 0 Å². The zero-order valence-electron chi connectivity index (χ0n) is 11.3. The molecule has 2 heterocycles. The minimum Gasteiger partial charge on any atom is -0.469 e. The van der Waals surface area contributed by atoms with Crippen molar-refractivity contribution in [3.63, 3.8) is 0 Å².